The smallest absolute Gasteiger partial charge is 0.339 e. The summed E-state index contributed by atoms with van der Waals surface area (Å²) in [6.45, 7) is 1.42. The zero-order chi connectivity index (χ0) is 13.9. The van der Waals surface area contributed by atoms with Gasteiger partial charge in [0.15, 0.2) is 0 Å². The van der Waals surface area contributed by atoms with Gasteiger partial charge in [-0.2, -0.15) is 0 Å². The quantitative estimate of drug-likeness (QED) is 0.876. The highest BCUT2D eigenvalue weighted by atomic mass is 16.4. The van der Waals surface area contributed by atoms with E-state index in [1.807, 2.05) is 18.2 Å². The van der Waals surface area contributed by atoms with Crippen LogP contribution < -0.4 is 5.32 Å². The Morgan fingerprint density at radius 3 is 2.80 bits per heavy atom. The van der Waals surface area contributed by atoms with Gasteiger partial charge in [-0.1, -0.05) is 31.0 Å². The first kappa shape index (κ1) is 13.2. The third-order valence-electron chi connectivity index (χ3n) is 4.08. The molecule has 0 radical (unpaired) electrons. The van der Waals surface area contributed by atoms with E-state index in [2.05, 4.69) is 5.32 Å². The summed E-state index contributed by atoms with van der Waals surface area (Å²) in [5, 5.41) is 13.4. The van der Waals surface area contributed by atoms with Crippen LogP contribution in [-0.2, 0) is 6.54 Å². The molecule has 4 heteroatoms. The molecule has 0 spiro atoms. The van der Waals surface area contributed by atoms with E-state index in [-0.39, 0.29) is 0 Å². The number of aromatic carboxylic acids is 1. The molecule has 0 bridgehead atoms. The number of carbonyl (C=O) groups is 1. The van der Waals surface area contributed by atoms with Gasteiger partial charge >= 0.3 is 5.97 Å². The highest BCUT2D eigenvalue weighted by Gasteiger charge is 2.20. The van der Waals surface area contributed by atoms with Gasteiger partial charge in [-0.15, -0.1) is 0 Å². The standard InChI is InChI=1S/C16H19NO3/c18-16(19)15-12-7-3-4-8-13(12)20-14(15)10-17-9-11-5-1-2-6-11/h3-4,7-8,11,17H,1-2,5-6,9-10H2,(H,18,19). The molecular weight excluding hydrogens is 254 g/mol. The first-order chi connectivity index (χ1) is 9.75. The molecule has 20 heavy (non-hydrogen) atoms. The Hall–Kier alpha value is -1.81. The number of para-hydroxylation sites is 1. The number of carboxylic acids is 1. The van der Waals surface area contributed by atoms with Crippen LogP contribution >= 0.6 is 0 Å². The van der Waals surface area contributed by atoms with Crippen LogP contribution in [0.4, 0.5) is 0 Å². The molecule has 1 fully saturated rings. The Kier molecular flexibility index (Phi) is 3.74. The van der Waals surface area contributed by atoms with Crippen molar-refractivity contribution in [3.8, 4) is 0 Å². The molecule has 0 amide bonds. The SMILES string of the molecule is O=C(O)c1c(CNCC2CCCC2)oc2ccccc12. The van der Waals surface area contributed by atoms with Gasteiger partial charge in [-0.3, -0.25) is 0 Å². The van der Waals surface area contributed by atoms with Crippen LogP contribution in [0.15, 0.2) is 28.7 Å². The Labute approximate surface area is 117 Å². The van der Waals surface area contributed by atoms with E-state index in [0.717, 1.165) is 12.5 Å². The number of rotatable bonds is 5. The minimum Gasteiger partial charge on any atom is -0.478 e. The summed E-state index contributed by atoms with van der Waals surface area (Å²) in [5.74, 6) is 0.331. The van der Waals surface area contributed by atoms with Crippen LogP contribution in [0.5, 0.6) is 0 Å². The van der Waals surface area contributed by atoms with Gasteiger partial charge in [-0.25, -0.2) is 4.79 Å². The average molecular weight is 273 g/mol. The maximum Gasteiger partial charge on any atom is 0.339 e. The van der Waals surface area contributed by atoms with Crippen LogP contribution in [0.3, 0.4) is 0 Å². The van der Waals surface area contributed by atoms with E-state index in [4.69, 9.17) is 4.42 Å². The van der Waals surface area contributed by atoms with Crippen molar-refractivity contribution in [2.45, 2.75) is 32.2 Å². The highest BCUT2D eigenvalue weighted by Crippen LogP contribution is 2.27. The first-order valence-corrected chi connectivity index (χ1v) is 7.20. The van der Waals surface area contributed by atoms with Gasteiger partial charge in [0.1, 0.15) is 16.9 Å². The fraction of sp³-hybridized carbons (Fsp3) is 0.438. The summed E-state index contributed by atoms with van der Waals surface area (Å²) >= 11 is 0. The van der Waals surface area contributed by atoms with Crippen LogP contribution in [0.25, 0.3) is 11.0 Å². The molecular formula is C16H19NO3. The second kappa shape index (κ2) is 5.67. The van der Waals surface area contributed by atoms with Crippen LogP contribution in [-0.4, -0.2) is 17.6 Å². The Morgan fingerprint density at radius 2 is 2.05 bits per heavy atom. The van der Waals surface area contributed by atoms with Crippen molar-refractivity contribution < 1.29 is 14.3 Å². The van der Waals surface area contributed by atoms with E-state index >= 15 is 0 Å². The van der Waals surface area contributed by atoms with Crippen LogP contribution in [0.2, 0.25) is 0 Å². The fourth-order valence-electron chi connectivity index (χ4n) is 3.06. The van der Waals surface area contributed by atoms with E-state index in [9.17, 15) is 9.90 Å². The second-order valence-electron chi connectivity index (χ2n) is 5.48. The van der Waals surface area contributed by atoms with Crippen molar-refractivity contribution >= 4 is 16.9 Å². The maximum atomic E-state index is 11.4. The van der Waals surface area contributed by atoms with E-state index in [0.29, 0.717) is 28.8 Å². The lowest BCUT2D eigenvalue weighted by molar-refractivity contribution is 0.0696. The molecule has 1 aromatic carbocycles. The Bertz CT molecular complexity index is 611. The molecule has 1 heterocycles. The summed E-state index contributed by atoms with van der Waals surface area (Å²) in [4.78, 5) is 11.4. The zero-order valence-electron chi connectivity index (χ0n) is 11.4. The number of furan rings is 1. The van der Waals surface area contributed by atoms with Crippen molar-refractivity contribution in [1.82, 2.24) is 5.32 Å². The first-order valence-electron chi connectivity index (χ1n) is 7.20. The lowest BCUT2D eigenvalue weighted by Crippen LogP contribution is -2.21. The van der Waals surface area contributed by atoms with Crippen molar-refractivity contribution in [3.63, 3.8) is 0 Å². The number of benzene rings is 1. The molecule has 0 aliphatic heterocycles. The third-order valence-corrected chi connectivity index (χ3v) is 4.08. The molecule has 1 saturated carbocycles. The summed E-state index contributed by atoms with van der Waals surface area (Å²) in [5.41, 5.74) is 0.932. The van der Waals surface area contributed by atoms with Crippen LogP contribution in [0, 0.1) is 5.92 Å². The second-order valence-corrected chi connectivity index (χ2v) is 5.48. The van der Waals surface area contributed by atoms with Gasteiger partial charge in [0.25, 0.3) is 0 Å². The Balaban J connectivity index is 1.76. The van der Waals surface area contributed by atoms with E-state index in [1.54, 1.807) is 6.07 Å². The minimum atomic E-state index is -0.924. The molecule has 3 rings (SSSR count). The summed E-state index contributed by atoms with van der Waals surface area (Å²) in [7, 11) is 0. The number of nitrogens with one attached hydrogen (secondary N) is 1. The number of hydrogen-bond donors (Lipinski definition) is 2. The number of carboxylic acid groups (broad SMARTS) is 1. The molecule has 0 unspecified atom stereocenters. The largest absolute Gasteiger partial charge is 0.478 e. The molecule has 1 aliphatic rings. The monoisotopic (exact) mass is 273 g/mol. The molecule has 4 nitrogen and oxygen atoms in total. The molecule has 0 saturated heterocycles. The maximum absolute atomic E-state index is 11.4. The molecule has 2 N–H and O–H groups in total. The Morgan fingerprint density at radius 1 is 1.30 bits per heavy atom. The summed E-state index contributed by atoms with van der Waals surface area (Å²) in [6, 6.07) is 7.29. The van der Waals surface area contributed by atoms with Gasteiger partial charge in [0.2, 0.25) is 0 Å². The molecule has 2 aromatic rings. The molecule has 106 valence electrons. The number of hydrogen-bond acceptors (Lipinski definition) is 3. The predicted octanol–water partition coefficient (Wildman–Crippen LogP) is 3.41. The van der Waals surface area contributed by atoms with Crippen molar-refractivity contribution in [2.24, 2.45) is 5.92 Å². The average Bonchev–Trinajstić information content (AvgIpc) is 3.05. The zero-order valence-corrected chi connectivity index (χ0v) is 11.4. The van der Waals surface area contributed by atoms with E-state index < -0.39 is 5.97 Å². The number of fused-ring (bicyclic) bond motifs is 1. The molecule has 1 aromatic heterocycles. The lowest BCUT2D eigenvalue weighted by atomic mass is 10.1. The highest BCUT2D eigenvalue weighted by molar-refractivity contribution is 6.03. The van der Waals surface area contributed by atoms with Crippen molar-refractivity contribution in [3.05, 3.63) is 35.6 Å². The van der Waals surface area contributed by atoms with E-state index in [1.165, 1.54) is 25.7 Å². The normalized spacial score (nSPS) is 16.0. The minimum absolute atomic E-state index is 0.291. The van der Waals surface area contributed by atoms with Crippen LogP contribution in [0.1, 0.15) is 41.8 Å². The van der Waals surface area contributed by atoms with Gasteiger partial charge in [0.05, 0.1) is 6.54 Å². The van der Waals surface area contributed by atoms with Crippen molar-refractivity contribution in [1.29, 1.82) is 0 Å². The summed E-state index contributed by atoms with van der Waals surface area (Å²) < 4.78 is 5.68. The fourth-order valence-corrected chi connectivity index (χ4v) is 3.06. The summed E-state index contributed by atoms with van der Waals surface area (Å²) in [6.07, 6.45) is 5.19. The molecule has 1 aliphatic carbocycles. The lowest BCUT2D eigenvalue weighted by Gasteiger charge is -2.09. The molecule has 0 atom stereocenters. The van der Waals surface area contributed by atoms with Gasteiger partial charge in [-0.05, 0) is 31.4 Å². The van der Waals surface area contributed by atoms with Gasteiger partial charge < -0.3 is 14.8 Å². The topological polar surface area (TPSA) is 62.5 Å². The van der Waals surface area contributed by atoms with Gasteiger partial charge in [0, 0.05) is 5.39 Å². The third kappa shape index (κ3) is 2.56. The predicted molar refractivity (Wildman–Crippen MR) is 76.8 cm³/mol. The van der Waals surface area contributed by atoms with Crippen molar-refractivity contribution in [2.75, 3.05) is 6.54 Å².